The molecule has 2 aromatic rings. The second-order valence-corrected chi connectivity index (χ2v) is 7.54. The lowest BCUT2D eigenvalue weighted by Crippen LogP contribution is -2.15. The largest absolute Gasteiger partial charge is 0.493 e. The van der Waals surface area contributed by atoms with Crippen molar-refractivity contribution in [1.82, 2.24) is 4.98 Å². The van der Waals surface area contributed by atoms with Gasteiger partial charge in [0.05, 0.1) is 18.2 Å². The number of rotatable bonds is 4. The minimum Gasteiger partial charge on any atom is -0.493 e. The predicted octanol–water partition coefficient (Wildman–Crippen LogP) is 5.34. The van der Waals surface area contributed by atoms with Crippen molar-refractivity contribution in [3.63, 3.8) is 0 Å². The summed E-state index contributed by atoms with van der Waals surface area (Å²) in [5.41, 5.74) is 3.86. The molecule has 1 aromatic heterocycles. The van der Waals surface area contributed by atoms with E-state index in [0.717, 1.165) is 48.6 Å². The highest BCUT2D eigenvalue weighted by atomic mass is 35.5. The van der Waals surface area contributed by atoms with Crippen LogP contribution < -0.4 is 9.47 Å². The summed E-state index contributed by atoms with van der Waals surface area (Å²) >= 11 is 6.38. The fourth-order valence-electron chi connectivity index (χ4n) is 4.13. The van der Waals surface area contributed by atoms with Gasteiger partial charge >= 0.3 is 0 Å². The molecule has 1 atom stereocenters. The molecule has 0 bridgehead atoms. The van der Waals surface area contributed by atoms with E-state index >= 15 is 0 Å². The number of methoxy groups -OCH3 is 1. The van der Waals surface area contributed by atoms with E-state index < -0.39 is 0 Å². The van der Waals surface area contributed by atoms with E-state index in [-0.39, 0.29) is 0 Å². The molecule has 0 amide bonds. The maximum atomic E-state index is 6.38. The molecule has 0 N–H and O–H groups in total. The maximum Gasteiger partial charge on any atom is 0.161 e. The molecule has 25 heavy (non-hydrogen) atoms. The minimum absolute atomic E-state index is 0.330. The quantitative estimate of drug-likeness (QED) is 0.740. The average molecular weight is 358 g/mol. The number of halogens is 1. The summed E-state index contributed by atoms with van der Waals surface area (Å²) in [5.74, 6) is 2.18. The smallest absolute Gasteiger partial charge is 0.161 e. The lowest BCUT2D eigenvalue weighted by molar-refractivity contribution is 0.200. The van der Waals surface area contributed by atoms with Gasteiger partial charge in [0, 0.05) is 12.4 Å². The van der Waals surface area contributed by atoms with Crippen molar-refractivity contribution in [2.75, 3.05) is 7.11 Å². The molecule has 4 rings (SSSR count). The molecule has 0 aliphatic heterocycles. The highest BCUT2D eigenvalue weighted by Crippen LogP contribution is 2.39. The summed E-state index contributed by atoms with van der Waals surface area (Å²) in [5, 5.41) is 0.790. The van der Waals surface area contributed by atoms with Crippen molar-refractivity contribution < 1.29 is 9.47 Å². The highest BCUT2D eigenvalue weighted by molar-refractivity contribution is 6.31. The number of pyridine rings is 1. The second-order valence-electron chi connectivity index (χ2n) is 7.13. The van der Waals surface area contributed by atoms with E-state index in [0.29, 0.717) is 12.0 Å². The van der Waals surface area contributed by atoms with Gasteiger partial charge in [-0.1, -0.05) is 17.7 Å². The van der Waals surface area contributed by atoms with Crippen LogP contribution in [-0.4, -0.2) is 18.2 Å². The number of hydrogen-bond donors (Lipinski definition) is 0. The van der Waals surface area contributed by atoms with Crippen molar-refractivity contribution >= 4 is 11.6 Å². The average Bonchev–Trinajstić information content (AvgIpc) is 3.15. The third-order valence-corrected chi connectivity index (χ3v) is 5.89. The minimum atomic E-state index is 0.330. The topological polar surface area (TPSA) is 31.4 Å². The van der Waals surface area contributed by atoms with E-state index in [1.54, 1.807) is 13.3 Å². The van der Waals surface area contributed by atoms with Crippen LogP contribution in [0.25, 0.3) is 0 Å². The van der Waals surface area contributed by atoms with Crippen LogP contribution in [0.3, 0.4) is 0 Å². The molecule has 2 aliphatic rings. The third kappa shape index (κ3) is 3.48. The molecule has 1 aromatic carbocycles. The molecule has 1 heterocycles. The number of hydrogen-bond acceptors (Lipinski definition) is 3. The molecule has 4 heteroatoms. The summed E-state index contributed by atoms with van der Waals surface area (Å²) in [6.45, 7) is 0. The highest BCUT2D eigenvalue weighted by Gasteiger charge is 2.24. The standard InChI is InChI=1S/C21H24ClNO2/c1-24-20-9-8-15(11-21(20)25-17-4-2-3-5-17)14-6-7-16-12-23-13-19(22)18(16)10-14/h8-9,11-14,17H,2-7,10H2,1H3. The van der Waals surface area contributed by atoms with Crippen LogP contribution in [0.2, 0.25) is 5.02 Å². The molecular formula is C21H24ClNO2. The first-order valence-electron chi connectivity index (χ1n) is 9.20. The van der Waals surface area contributed by atoms with Gasteiger partial charge in [-0.25, -0.2) is 0 Å². The van der Waals surface area contributed by atoms with Crippen LogP contribution >= 0.6 is 11.6 Å². The van der Waals surface area contributed by atoms with Crippen LogP contribution in [0.1, 0.15) is 54.7 Å². The third-order valence-electron chi connectivity index (χ3n) is 5.56. The van der Waals surface area contributed by atoms with Gasteiger partial charge in [-0.15, -0.1) is 0 Å². The van der Waals surface area contributed by atoms with Gasteiger partial charge in [-0.2, -0.15) is 0 Å². The summed E-state index contributed by atoms with van der Waals surface area (Å²) in [4.78, 5) is 4.22. The Bertz CT molecular complexity index is 756. The summed E-state index contributed by atoms with van der Waals surface area (Å²) in [7, 11) is 1.71. The number of benzene rings is 1. The van der Waals surface area contributed by atoms with Crippen LogP contribution in [0.5, 0.6) is 11.5 Å². The number of fused-ring (bicyclic) bond motifs is 1. The first kappa shape index (κ1) is 16.7. The van der Waals surface area contributed by atoms with Crippen molar-refractivity contribution in [1.29, 1.82) is 0 Å². The molecule has 3 nitrogen and oxygen atoms in total. The molecule has 1 saturated carbocycles. The molecule has 132 valence electrons. The lowest BCUT2D eigenvalue weighted by atomic mass is 9.81. The van der Waals surface area contributed by atoms with E-state index in [4.69, 9.17) is 21.1 Å². The monoisotopic (exact) mass is 357 g/mol. The van der Waals surface area contributed by atoms with Gasteiger partial charge in [0.2, 0.25) is 0 Å². The summed E-state index contributed by atoms with van der Waals surface area (Å²) in [6.07, 6.45) is 12.0. The zero-order valence-electron chi connectivity index (χ0n) is 14.6. The summed E-state index contributed by atoms with van der Waals surface area (Å²) in [6, 6.07) is 6.40. The van der Waals surface area contributed by atoms with Gasteiger partial charge in [0.15, 0.2) is 11.5 Å². The number of ether oxygens (including phenoxy) is 2. The van der Waals surface area contributed by atoms with Gasteiger partial charge in [0.1, 0.15) is 0 Å². The van der Waals surface area contributed by atoms with Crippen molar-refractivity contribution in [2.24, 2.45) is 0 Å². The lowest BCUT2D eigenvalue weighted by Gasteiger charge is -2.26. The van der Waals surface area contributed by atoms with Gasteiger partial charge in [0.25, 0.3) is 0 Å². The fourth-order valence-corrected chi connectivity index (χ4v) is 4.39. The first-order valence-corrected chi connectivity index (χ1v) is 9.58. The molecule has 0 spiro atoms. The van der Waals surface area contributed by atoms with Crippen molar-refractivity contribution in [3.05, 3.63) is 52.3 Å². The van der Waals surface area contributed by atoms with E-state index in [1.165, 1.54) is 29.5 Å². The Labute approximate surface area is 154 Å². The van der Waals surface area contributed by atoms with Crippen LogP contribution in [-0.2, 0) is 12.8 Å². The summed E-state index contributed by atoms with van der Waals surface area (Å²) < 4.78 is 11.8. The zero-order chi connectivity index (χ0) is 17.2. The predicted molar refractivity (Wildman–Crippen MR) is 99.9 cm³/mol. The fraction of sp³-hybridized carbons (Fsp3) is 0.476. The number of nitrogens with zero attached hydrogens (tertiary/aromatic N) is 1. The Kier molecular flexibility index (Phi) is 4.85. The first-order chi connectivity index (χ1) is 12.2. The second kappa shape index (κ2) is 7.25. The van der Waals surface area contributed by atoms with E-state index in [1.807, 2.05) is 12.3 Å². The van der Waals surface area contributed by atoms with Gasteiger partial charge < -0.3 is 9.47 Å². The van der Waals surface area contributed by atoms with Gasteiger partial charge in [-0.3, -0.25) is 4.98 Å². The molecular weight excluding hydrogens is 334 g/mol. The molecule has 1 unspecified atom stereocenters. The van der Waals surface area contributed by atoms with E-state index in [2.05, 4.69) is 17.1 Å². The van der Waals surface area contributed by atoms with Crippen LogP contribution in [0, 0.1) is 0 Å². The van der Waals surface area contributed by atoms with Crippen LogP contribution in [0.15, 0.2) is 30.6 Å². The molecule has 0 radical (unpaired) electrons. The molecule has 0 saturated heterocycles. The van der Waals surface area contributed by atoms with Crippen molar-refractivity contribution in [2.45, 2.75) is 57.0 Å². The Morgan fingerprint density at radius 1 is 1.08 bits per heavy atom. The number of aryl methyl sites for hydroxylation is 1. The molecule has 1 fully saturated rings. The normalized spacial score (nSPS) is 20.3. The Morgan fingerprint density at radius 3 is 2.72 bits per heavy atom. The number of aromatic nitrogens is 1. The van der Waals surface area contributed by atoms with Crippen LogP contribution in [0.4, 0.5) is 0 Å². The Balaban J connectivity index is 1.59. The Morgan fingerprint density at radius 2 is 1.92 bits per heavy atom. The van der Waals surface area contributed by atoms with Crippen molar-refractivity contribution in [3.8, 4) is 11.5 Å². The molecule has 2 aliphatic carbocycles. The Hall–Kier alpha value is -1.74. The van der Waals surface area contributed by atoms with Gasteiger partial charge in [-0.05, 0) is 79.7 Å². The SMILES string of the molecule is COc1ccc(C2CCc3cncc(Cl)c3C2)cc1OC1CCCC1. The zero-order valence-corrected chi connectivity index (χ0v) is 15.4. The van der Waals surface area contributed by atoms with E-state index in [9.17, 15) is 0 Å². The maximum absolute atomic E-state index is 6.38.